The summed E-state index contributed by atoms with van der Waals surface area (Å²) in [6.45, 7) is 4.84. The minimum absolute atomic E-state index is 0.0564. The molecule has 5 nitrogen and oxygen atoms in total. The normalized spacial score (nSPS) is 10.8. The number of methoxy groups -OCH3 is 1. The lowest BCUT2D eigenvalue weighted by Crippen LogP contribution is -2.20. The van der Waals surface area contributed by atoms with Crippen LogP contribution in [-0.2, 0) is 4.79 Å². The van der Waals surface area contributed by atoms with Gasteiger partial charge in [-0.2, -0.15) is 5.26 Å². The van der Waals surface area contributed by atoms with E-state index in [4.69, 9.17) is 15.7 Å². The van der Waals surface area contributed by atoms with E-state index in [1.807, 2.05) is 6.07 Å². The SMILES string of the molecule is COc1cc(C#N)ccc1NC(=O)CCC(C)(C)CCN. The molecule has 1 aromatic rings. The fraction of sp³-hybridized carbons (Fsp3) is 0.500. The van der Waals surface area contributed by atoms with Gasteiger partial charge in [0.1, 0.15) is 5.75 Å². The Hall–Kier alpha value is -2.06. The summed E-state index contributed by atoms with van der Waals surface area (Å²) in [5.74, 6) is 0.423. The molecule has 0 radical (unpaired) electrons. The summed E-state index contributed by atoms with van der Waals surface area (Å²) in [5, 5.41) is 11.7. The van der Waals surface area contributed by atoms with Gasteiger partial charge in [-0.05, 0) is 36.9 Å². The van der Waals surface area contributed by atoms with Crippen LogP contribution in [0, 0.1) is 16.7 Å². The number of nitrogens with two attached hydrogens (primary N) is 1. The molecule has 1 amide bonds. The average molecular weight is 289 g/mol. The van der Waals surface area contributed by atoms with Crippen LogP contribution in [-0.4, -0.2) is 19.6 Å². The molecule has 0 heterocycles. The lowest BCUT2D eigenvalue weighted by Gasteiger charge is -2.23. The Morgan fingerprint density at radius 2 is 2.14 bits per heavy atom. The van der Waals surface area contributed by atoms with Crippen molar-refractivity contribution in [2.75, 3.05) is 19.0 Å². The Morgan fingerprint density at radius 1 is 1.43 bits per heavy atom. The van der Waals surface area contributed by atoms with Crippen LogP contribution in [0.2, 0.25) is 0 Å². The van der Waals surface area contributed by atoms with Gasteiger partial charge < -0.3 is 15.8 Å². The highest BCUT2D eigenvalue weighted by Gasteiger charge is 2.18. The summed E-state index contributed by atoms with van der Waals surface area (Å²) in [5.41, 5.74) is 6.70. The molecule has 0 spiro atoms. The maximum Gasteiger partial charge on any atom is 0.224 e. The topological polar surface area (TPSA) is 88.1 Å². The molecule has 0 saturated carbocycles. The number of nitriles is 1. The number of hydrogen-bond acceptors (Lipinski definition) is 4. The maximum atomic E-state index is 12.0. The number of ether oxygens (including phenoxy) is 1. The van der Waals surface area contributed by atoms with E-state index in [1.54, 1.807) is 18.2 Å². The molecule has 0 aliphatic rings. The van der Waals surface area contributed by atoms with E-state index < -0.39 is 0 Å². The summed E-state index contributed by atoms with van der Waals surface area (Å²) in [6.07, 6.45) is 2.09. The quantitative estimate of drug-likeness (QED) is 0.807. The standard InChI is InChI=1S/C16H23N3O2/c1-16(2,8-9-17)7-6-15(20)19-13-5-4-12(11-18)10-14(13)21-3/h4-5,10H,6-9,17H2,1-3H3,(H,19,20). The fourth-order valence-electron chi connectivity index (χ4n) is 2.04. The molecule has 114 valence electrons. The molecule has 5 heteroatoms. The highest BCUT2D eigenvalue weighted by atomic mass is 16.5. The highest BCUT2D eigenvalue weighted by molar-refractivity contribution is 5.92. The number of carbonyl (C=O) groups excluding carboxylic acids is 1. The number of benzene rings is 1. The van der Waals surface area contributed by atoms with E-state index in [1.165, 1.54) is 7.11 Å². The van der Waals surface area contributed by atoms with Gasteiger partial charge in [0.25, 0.3) is 0 Å². The summed E-state index contributed by atoms with van der Waals surface area (Å²) in [6, 6.07) is 6.97. The smallest absolute Gasteiger partial charge is 0.224 e. The Morgan fingerprint density at radius 3 is 2.71 bits per heavy atom. The van der Waals surface area contributed by atoms with Crippen LogP contribution in [0.1, 0.15) is 38.7 Å². The largest absolute Gasteiger partial charge is 0.495 e. The van der Waals surface area contributed by atoms with E-state index in [-0.39, 0.29) is 11.3 Å². The maximum absolute atomic E-state index is 12.0. The molecule has 0 aromatic heterocycles. The van der Waals surface area contributed by atoms with Crippen molar-refractivity contribution in [3.05, 3.63) is 23.8 Å². The molecule has 0 bridgehead atoms. The third-order valence-corrected chi connectivity index (χ3v) is 3.45. The van der Waals surface area contributed by atoms with Crippen LogP contribution in [0.25, 0.3) is 0 Å². The molecule has 0 unspecified atom stereocenters. The van der Waals surface area contributed by atoms with Crippen molar-refractivity contribution >= 4 is 11.6 Å². The molecule has 0 fully saturated rings. The van der Waals surface area contributed by atoms with Gasteiger partial charge in [0.2, 0.25) is 5.91 Å². The summed E-state index contributed by atoms with van der Waals surface area (Å²) >= 11 is 0. The first-order valence-corrected chi connectivity index (χ1v) is 7.00. The number of rotatable bonds is 7. The summed E-state index contributed by atoms with van der Waals surface area (Å²) in [7, 11) is 1.51. The number of nitrogens with one attached hydrogen (secondary N) is 1. The zero-order valence-corrected chi connectivity index (χ0v) is 12.9. The minimum Gasteiger partial charge on any atom is -0.495 e. The highest BCUT2D eigenvalue weighted by Crippen LogP contribution is 2.28. The van der Waals surface area contributed by atoms with Crippen molar-refractivity contribution in [3.63, 3.8) is 0 Å². The number of anilines is 1. The van der Waals surface area contributed by atoms with Gasteiger partial charge in [0.05, 0.1) is 24.4 Å². The van der Waals surface area contributed by atoms with Crippen LogP contribution in [0.4, 0.5) is 5.69 Å². The average Bonchev–Trinajstić information content (AvgIpc) is 2.45. The van der Waals surface area contributed by atoms with Crippen LogP contribution >= 0.6 is 0 Å². The molecule has 0 aliphatic heterocycles. The fourth-order valence-corrected chi connectivity index (χ4v) is 2.04. The van der Waals surface area contributed by atoms with Crippen molar-refractivity contribution < 1.29 is 9.53 Å². The molecule has 0 saturated heterocycles. The lowest BCUT2D eigenvalue weighted by molar-refractivity contribution is -0.116. The monoisotopic (exact) mass is 289 g/mol. The van der Waals surface area contributed by atoms with Crippen LogP contribution in [0.3, 0.4) is 0 Å². The number of hydrogen-bond donors (Lipinski definition) is 2. The molecule has 21 heavy (non-hydrogen) atoms. The van der Waals surface area contributed by atoms with Gasteiger partial charge in [-0.25, -0.2) is 0 Å². The van der Waals surface area contributed by atoms with E-state index in [0.717, 1.165) is 12.8 Å². The van der Waals surface area contributed by atoms with E-state index in [9.17, 15) is 4.79 Å². The predicted molar refractivity (Wildman–Crippen MR) is 83.0 cm³/mol. The van der Waals surface area contributed by atoms with Crippen LogP contribution in [0.15, 0.2) is 18.2 Å². The summed E-state index contributed by atoms with van der Waals surface area (Å²) < 4.78 is 5.19. The van der Waals surface area contributed by atoms with Gasteiger partial charge in [0, 0.05) is 12.5 Å². The third kappa shape index (κ3) is 5.44. The van der Waals surface area contributed by atoms with Crippen LogP contribution < -0.4 is 15.8 Å². The second-order valence-electron chi connectivity index (χ2n) is 5.78. The van der Waals surface area contributed by atoms with E-state index in [0.29, 0.717) is 30.0 Å². The Bertz CT molecular complexity index is 533. The predicted octanol–water partition coefficient (Wildman–Crippen LogP) is 2.66. The van der Waals surface area contributed by atoms with E-state index in [2.05, 4.69) is 19.2 Å². The molecular formula is C16H23N3O2. The van der Waals surface area contributed by atoms with Crippen molar-refractivity contribution in [1.82, 2.24) is 0 Å². The third-order valence-electron chi connectivity index (χ3n) is 3.45. The Balaban J connectivity index is 2.65. The number of nitrogens with zero attached hydrogens (tertiary/aromatic N) is 1. The molecule has 1 aromatic carbocycles. The second-order valence-corrected chi connectivity index (χ2v) is 5.78. The molecular weight excluding hydrogens is 266 g/mol. The first-order valence-electron chi connectivity index (χ1n) is 7.00. The second kappa shape index (κ2) is 7.65. The Kier molecular flexibility index (Phi) is 6.19. The minimum atomic E-state index is -0.0666. The van der Waals surface area contributed by atoms with Crippen molar-refractivity contribution in [3.8, 4) is 11.8 Å². The van der Waals surface area contributed by atoms with Gasteiger partial charge >= 0.3 is 0 Å². The molecule has 0 aliphatic carbocycles. The Labute approximate surface area is 126 Å². The molecule has 0 atom stereocenters. The van der Waals surface area contributed by atoms with Crippen LogP contribution in [0.5, 0.6) is 5.75 Å². The van der Waals surface area contributed by atoms with Gasteiger partial charge in [-0.1, -0.05) is 13.8 Å². The van der Waals surface area contributed by atoms with Gasteiger partial charge in [-0.3, -0.25) is 4.79 Å². The van der Waals surface area contributed by atoms with Crippen molar-refractivity contribution in [2.45, 2.75) is 33.1 Å². The van der Waals surface area contributed by atoms with E-state index >= 15 is 0 Å². The zero-order valence-electron chi connectivity index (χ0n) is 12.9. The molecule has 3 N–H and O–H groups in total. The number of amides is 1. The van der Waals surface area contributed by atoms with Crippen molar-refractivity contribution in [2.24, 2.45) is 11.1 Å². The number of carbonyl (C=O) groups is 1. The zero-order chi connectivity index (χ0) is 15.9. The van der Waals surface area contributed by atoms with Crippen molar-refractivity contribution in [1.29, 1.82) is 5.26 Å². The molecule has 1 rings (SSSR count). The summed E-state index contributed by atoms with van der Waals surface area (Å²) in [4.78, 5) is 12.0. The van der Waals surface area contributed by atoms with Gasteiger partial charge in [-0.15, -0.1) is 0 Å². The lowest BCUT2D eigenvalue weighted by atomic mass is 9.84. The van der Waals surface area contributed by atoms with Gasteiger partial charge in [0.15, 0.2) is 0 Å². The first-order chi connectivity index (χ1) is 9.91. The first kappa shape index (κ1) is 17.0.